The van der Waals surface area contributed by atoms with Crippen molar-refractivity contribution >= 4 is 39.7 Å². The van der Waals surface area contributed by atoms with Gasteiger partial charge in [-0.1, -0.05) is 60.2 Å². The second kappa shape index (κ2) is 6.45. The van der Waals surface area contributed by atoms with Gasteiger partial charge in [0.05, 0.1) is 0 Å². The van der Waals surface area contributed by atoms with Crippen LogP contribution < -0.4 is 5.73 Å². The van der Waals surface area contributed by atoms with Crippen LogP contribution in [-0.4, -0.2) is 10.7 Å². The maximum absolute atomic E-state index is 6.03. The summed E-state index contributed by atoms with van der Waals surface area (Å²) in [5.74, 6) is 1.10. The number of hydrogen-bond donors (Lipinski definition) is 1. The summed E-state index contributed by atoms with van der Waals surface area (Å²) in [7, 11) is 0. The van der Waals surface area contributed by atoms with E-state index in [2.05, 4.69) is 11.9 Å². The summed E-state index contributed by atoms with van der Waals surface area (Å²) in [6.07, 6.45) is 2.42. The first-order valence-corrected chi connectivity index (χ1v) is 8.03. The van der Waals surface area contributed by atoms with Crippen molar-refractivity contribution in [3.63, 3.8) is 0 Å². The van der Waals surface area contributed by atoms with Crippen molar-refractivity contribution in [3.05, 3.63) is 29.3 Å². The highest BCUT2D eigenvalue weighted by atomic mass is 35.5. The lowest BCUT2D eigenvalue weighted by Crippen LogP contribution is -1.85. The molecule has 1 heterocycles. The van der Waals surface area contributed by atoms with Crippen LogP contribution in [0.25, 0.3) is 11.3 Å². The summed E-state index contributed by atoms with van der Waals surface area (Å²) >= 11 is 9.22. The van der Waals surface area contributed by atoms with E-state index >= 15 is 0 Å². The van der Waals surface area contributed by atoms with Crippen LogP contribution in [0, 0.1) is 0 Å². The van der Waals surface area contributed by atoms with Gasteiger partial charge in [0, 0.05) is 16.3 Å². The van der Waals surface area contributed by atoms with Crippen molar-refractivity contribution < 1.29 is 0 Å². The summed E-state index contributed by atoms with van der Waals surface area (Å²) in [6, 6.07) is 7.63. The smallest absolute Gasteiger partial charge is 0.152 e. The number of unbranched alkanes of at least 4 members (excludes halogenated alkanes) is 1. The van der Waals surface area contributed by atoms with Crippen molar-refractivity contribution in [1.29, 1.82) is 0 Å². The van der Waals surface area contributed by atoms with Crippen molar-refractivity contribution in [1.82, 2.24) is 4.98 Å². The quantitative estimate of drug-likeness (QED) is 0.628. The van der Waals surface area contributed by atoms with E-state index in [1.165, 1.54) is 12.8 Å². The molecule has 2 N–H and O–H groups in total. The van der Waals surface area contributed by atoms with E-state index in [1.54, 1.807) is 23.1 Å². The van der Waals surface area contributed by atoms with Crippen LogP contribution in [0.5, 0.6) is 0 Å². The Morgan fingerprint density at radius 3 is 2.72 bits per heavy atom. The van der Waals surface area contributed by atoms with Crippen molar-refractivity contribution in [3.8, 4) is 11.3 Å². The van der Waals surface area contributed by atoms with Gasteiger partial charge < -0.3 is 5.73 Å². The van der Waals surface area contributed by atoms with E-state index in [4.69, 9.17) is 17.3 Å². The third-order valence-electron chi connectivity index (χ3n) is 2.47. The summed E-state index contributed by atoms with van der Waals surface area (Å²) in [6.45, 7) is 2.19. The lowest BCUT2D eigenvalue weighted by molar-refractivity contribution is 0.896. The summed E-state index contributed by atoms with van der Waals surface area (Å²) in [5.41, 5.74) is 7.92. The zero-order chi connectivity index (χ0) is 13.0. The van der Waals surface area contributed by atoms with Crippen LogP contribution in [-0.2, 0) is 0 Å². The molecule has 1 aromatic heterocycles. The molecular formula is C13H15ClN2S2. The molecule has 1 aromatic carbocycles. The van der Waals surface area contributed by atoms with Crippen LogP contribution >= 0.6 is 34.7 Å². The highest BCUT2D eigenvalue weighted by Crippen LogP contribution is 2.35. The van der Waals surface area contributed by atoms with Crippen molar-refractivity contribution in [2.24, 2.45) is 0 Å². The molecule has 0 spiro atoms. The molecule has 96 valence electrons. The molecule has 0 atom stereocenters. The molecule has 0 aliphatic rings. The van der Waals surface area contributed by atoms with Crippen LogP contribution in [0.15, 0.2) is 28.6 Å². The molecule has 0 unspecified atom stereocenters. The van der Waals surface area contributed by atoms with Gasteiger partial charge in [-0.25, -0.2) is 4.98 Å². The van der Waals surface area contributed by atoms with Gasteiger partial charge in [-0.3, -0.25) is 0 Å². The number of benzene rings is 1. The van der Waals surface area contributed by atoms with E-state index in [0.29, 0.717) is 0 Å². The van der Waals surface area contributed by atoms with Gasteiger partial charge in [0.1, 0.15) is 10.7 Å². The minimum Gasteiger partial charge on any atom is -0.389 e. The Labute approximate surface area is 121 Å². The molecule has 0 aliphatic heterocycles. The molecule has 0 saturated carbocycles. The normalized spacial score (nSPS) is 10.8. The molecule has 0 radical (unpaired) electrons. The molecule has 2 rings (SSSR count). The largest absolute Gasteiger partial charge is 0.389 e. The molecule has 5 heteroatoms. The molecule has 0 aliphatic carbocycles. The van der Waals surface area contributed by atoms with Gasteiger partial charge in [0.25, 0.3) is 0 Å². The average molecular weight is 299 g/mol. The molecule has 0 amide bonds. The standard InChI is InChI=1S/C13H15ClN2S2/c1-2-3-8-17-13-16-11(12(15)18-13)9-4-6-10(14)7-5-9/h4-7H,2-3,8,15H2,1H3. The number of nitrogens with zero attached hydrogens (tertiary/aromatic N) is 1. The zero-order valence-corrected chi connectivity index (χ0v) is 12.5. The van der Waals surface area contributed by atoms with Gasteiger partial charge >= 0.3 is 0 Å². The minimum atomic E-state index is 0.727. The number of aromatic nitrogens is 1. The number of anilines is 1. The van der Waals surface area contributed by atoms with Crippen LogP contribution in [0.1, 0.15) is 19.8 Å². The number of halogens is 1. The van der Waals surface area contributed by atoms with E-state index in [9.17, 15) is 0 Å². The van der Waals surface area contributed by atoms with E-state index in [-0.39, 0.29) is 0 Å². The lowest BCUT2D eigenvalue weighted by atomic mass is 10.2. The van der Waals surface area contributed by atoms with Crippen LogP contribution in [0.2, 0.25) is 5.02 Å². The molecule has 18 heavy (non-hydrogen) atoms. The molecule has 2 aromatic rings. The van der Waals surface area contributed by atoms with Crippen LogP contribution in [0.4, 0.5) is 5.00 Å². The Morgan fingerprint density at radius 1 is 1.33 bits per heavy atom. The molecule has 0 fully saturated rings. The van der Waals surface area contributed by atoms with Crippen LogP contribution in [0.3, 0.4) is 0 Å². The number of nitrogen functional groups attached to an aromatic ring is 1. The van der Waals surface area contributed by atoms with Crippen molar-refractivity contribution in [2.75, 3.05) is 11.5 Å². The summed E-state index contributed by atoms with van der Waals surface area (Å²) in [4.78, 5) is 4.59. The highest BCUT2D eigenvalue weighted by molar-refractivity contribution is 8.01. The Bertz CT molecular complexity index is 508. The maximum atomic E-state index is 6.03. The number of thiazole rings is 1. The summed E-state index contributed by atoms with van der Waals surface area (Å²) < 4.78 is 1.05. The predicted molar refractivity (Wildman–Crippen MR) is 82.6 cm³/mol. The molecule has 0 saturated heterocycles. The fourth-order valence-corrected chi connectivity index (χ4v) is 3.72. The Balaban J connectivity index is 2.16. The highest BCUT2D eigenvalue weighted by Gasteiger charge is 2.10. The van der Waals surface area contributed by atoms with E-state index in [0.717, 1.165) is 31.4 Å². The fourth-order valence-electron chi connectivity index (χ4n) is 1.49. The first-order chi connectivity index (χ1) is 8.70. The fraction of sp³-hybridized carbons (Fsp3) is 0.308. The average Bonchev–Trinajstić information content (AvgIpc) is 2.72. The third kappa shape index (κ3) is 3.40. The maximum Gasteiger partial charge on any atom is 0.152 e. The Morgan fingerprint density at radius 2 is 2.06 bits per heavy atom. The molecular weight excluding hydrogens is 284 g/mol. The van der Waals surface area contributed by atoms with Gasteiger partial charge in [-0.2, -0.15) is 0 Å². The first kappa shape index (κ1) is 13.7. The van der Waals surface area contributed by atoms with Gasteiger partial charge in [0.15, 0.2) is 4.34 Å². The SMILES string of the molecule is CCCCSc1nc(-c2ccc(Cl)cc2)c(N)s1. The second-order valence-corrected chi connectivity index (χ2v) is 6.71. The lowest BCUT2D eigenvalue weighted by Gasteiger charge is -1.98. The number of rotatable bonds is 5. The summed E-state index contributed by atoms with van der Waals surface area (Å²) in [5, 5.41) is 1.50. The molecule has 0 bridgehead atoms. The van der Waals surface area contributed by atoms with Gasteiger partial charge in [-0.05, 0) is 18.6 Å². The monoisotopic (exact) mass is 298 g/mol. The van der Waals surface area contributed by atoms with Crippen molar-refractivity contribution in [2.45, 2.75) is 24.1 Å². The second-order valence-electron chi connectivity index (χ2n) is 3.90. The zero-order valence-electron chi connectivity index (χ0n) is 10.1. The topological polar surface area (TPSA) is 38.9 Å². The van der Waals surface area contributed by atoms with E-state index < -0.39 is 0 Å². The number of thioether (sulfide) groups is 1. The minimum absolute atomic E-state index is 0.727. The number of hydrogen-bond acceptors (Lipinski definition) is 4. The number of nitrogens with two attached hydrogens (primary N) is 1. The van der Waals surface area contributed by atoms with E-state index in [1.807, 2.05) is 24.3 Å². The van der Waals surface area contributed by atoms with Gasteiger partial charge in [0.2, 0.25) is 0 Å². The Kier molecular flexibility index (Phi) is 4.92. The molecule has 2 nitrogen and oxygen atoms in total. The van der Waals surface area contributed by atoms with Gasteiger partial charge in [-0.15, -0.1) is 0 Å². The first-order valence-electron chi connectivity index (χ1n) is 5.85. The third-order valence-corrected chi connectivity index (χ3v) is 4.84. The predicted octanol–water partition coefficient (Wildman–Crippen LogP) is 4.94. The Hall–Kier alpha value is -0.710.